The maximum Gasteiger partial charge on any atom is 0.336 e. The van der Waals surface area contributed by atoms with E-state index in [2.05, 4.69) is 4.99 Å². The molecule has 1 rings (SSSR count). The van der Waals surface area contributed by atoms with E-state index >= 15 is 0 Å². The van der Waals surface area contributed by atoms with Crippen molar-refractivity contribution >= 4 is 19.0 Å². The van der Waals surface area contributed by atoms with Crippen LogP contribution in [0.3, 0.4) is 0 Å². The molecule has 0 atom stereocenters. The standard InChI is InChI=1S/C14H22NO3P/c1-5-17-19(16,18-6-2)11-13(4)15-14-9-7-12(3)8-10-14/h7-10H,5-6,11H2,1-4H3. The van der Waals surface area contributed by atoms with Gasteiger partial charge in [-0.1, -0.05) is 17.7 Å². The van der Waals surface area contributed by atoms with Gasteiger partial charge in [-0.15, -0.1) is 0 Å². The average molecular weight is 283 g/mol. The highest BCUT2D eigenvalue weighted by Crippen LogP contribution is 2.48. The van der Waals surface area contributed by atoms with Crippen molar-refractivity contribution in [1.82, 2.24) is 0 Å². The van der Waals surface area contributed by atoms with Crippen LogP contribution < -0.4 is 0 Å². The second-order valence-electron chi connectivity index (χ2n) is 4.29. The largest absolute Gasteiger partial charge is 0.336 e. The van der Waals surface area contributed by atoms with Gasteiger partial charge in [0.2, 0.25) is 0 Å². The van der Waals surface area contributed by atoms with E-state index in [1.54, 1.807) is 13.8 Å². The molecule has 0 aromatic heterocycles. The van der Waals surface area contributed by atoms with Gasteiger partial charge in [-0.05, 0) is 39.8 Å². The van der Waals surface area contributed by atoms with Gasteiger partial charge < -0.3 is 9.05 Å². The minimum atomic E-state index is -3.05. The minimum absolute atomic E-state index is 0.225. The predicted octanol–water partition coefficient (Wildman–Crippen LogP) is 4.35. The van der Waals surface area contributed by atoms with Gasteiger partial charge in [0.05, 0.1) is 25.1 Å². The second-order valence-corrected chi connectivity index (χ2v) is 6.34. The summed E-state index contributed by atoms with van der Waals surface area (Å²) in [5, 5.41) is 0. The van der Waals surface area contributed by atoms with Crippen molar-refractivity contribution in [2.24, 2.45) is 4.99 Å². The molecule has 0 N–H and O–H groups in total. The molecule has 5 heteroatoms. The number of aryl methyl sites for hydroxylation is 1. The lowest BCUT2D eigenvalue weighted by atomic mass is 10.2. The summed E-state index contributed by atoms with van der Waals surface area (Å²) in [5.41, 5.74) is 2.78. The number of rotatable bonds is 7. The van der Waals surface area contributed by atoms with Crippen molar-refractivity contribution < 1.29 is 13.6 Å². The Kier molecular flexibility index (Phi) is 6.43. The third-order valence-electron chi connectivity index (χ3n) is 2.43. The zero-order valence-electron chi connectivity index (χ0n) is 12.0. The van der Waals surface area contributed by atoms with Gasteiger partial charge in [-0.25, -0.2) is 0 Å². The summed E-state index contributed by atoms with van der Waals surface area (Å²) in [7, 11) is -3.05. The van der Waals surface area contributed by atoms with E-state index in [1.165, 1.54) is 5.56 Å². The fourth-order valence-electron chi connectivity index (χ4n) is 1.68. The fraction of sp³-hybridized carbons (Fsp3) is 0.500. The Morgan fingerprint density at radius 3 is 2.16 bits per heavy atom. The number of hydrogen-bond acceptors (Lipinski definition) is 4. The average Bonchev–Trinajstić information content (AvgIpc) is 2.32. The van der Waals surface area contributed by atoms with E-state index in [9.17, 15) is 4.57 Å². The van der Waals surface area contributed by atoms with E-state index < -0.39 is 7.60 Å². The van der Waals surface area contributed by atoms with E-state index in [0.29, 0.717) is 13.2 Å². The third-order valence-corrected chi connectivity index (χ3v) is 4.58. The number of nitrogens with zero attached hydrogens (tertiary/aromatic N) is 1. The normalized spacial score (nSPS) is 12.7. The van der Waals surface area contributed by atoms with Gasteiger partial charge in [0.15, 0.2) is 0 Å². The van der Waals surface area contributed by atoms with Crippen LogP contribution in [0.2, 0.25) is 0 Å². The molecule has 0 saturated carbocycles. The summed E-state index contributed by atoms with van der Waals surface area (Å²) in [6.07, 6.45) is 0.225. The van der Waals surface area contributed by atoms with Crippen LogP contribution in [0.15, 0.2) is 29.3 Å². The first kappa shape index (κ1) is 16.1. The van der Waals surface area contributed by atoms with Crippen LogP contribution in [0.4, 0.5) is 5.69 Å². The van der Waals surface area contributed by atoms with Gasteiger partial charge in [-0.2, -0.15) is 0 Å². The molecule has 1 aromatic rings. The number of benzene rings is 1. The van der Waals surface area contributed by atoms with Gasteiger partial charge in [0.25, 0.3) is 0 Å². The second kappa shape index (κ2) is 7.59. The van der Waals surface area contributed by atoms with E-state index in [0.717, 1.165) is 11.4 Å². The monoisotopic (exact) mass is 283 g/mol. The Balaban J connectivity index is 2.78. The lowest BCUT2D eigenvalue weighted by Gasteiger charge is -2.16. The molecule has 0 unspecified atom stereocenters. The molecule has 106 valence electrons. The molecule has 0 aliphatic rings. The molecule has 0 amide bonds. The molecular weight excluding hydrogens is 261 g/mol. The smallest absolute Gasteiger partial charge is 0.309 e. The Morgan fingerprint density at radius 1 is 1.16 bits per heavy atom. The molecular formula is C14H22NO3P. The summed E-state index contributed by atoms with van der Waals surface area (Å²) in [5.74, 6) is 0. The Hall–Kier alpha value is -0.960. The van der Waals surface area contributed by atoms with Crippen molar-refractivity contribution in [3.8, 4) is 0 Å². The molecule has 0 aliphatic heterocycles. The van der Waals surface area contributed by atoms with Crippen molar-refractivity contribution in [2.45, 2.75) is 27.7 Å². The quantitative estimate of drug-likeness (QED) is 0.552. The summed E-state index contributed by atoms with van der Waals surface area (Å²) < 4.78 is 22.8. The molecule has 0 bridgehead atoms. The topological polar surface area (TPSA) is 47.9 Å². The summed E-state index contributed by atoms with van der Waals surface area (Å²) in [6.45, 7) is 8.21. The molecule has 0 radical (unpaired) electrons. The number of hydrogen-bond donors (Lipinski definition) is 0. The summed E-state index contributed by atoms with van der Waals surface area (Å²) in [6, 6.07) is 7.86. The molecule has 0 spiro atoms. The molecule has 4 nitrogen and oxygen atoms in total. The Labute approximate surface area is 115 Å². The van der Waals surface area contributed by atoms with E-state index in [-0.39, 0.29) is 6.16 Å². The summed E-state index contributed by atoms with van der Waals surface area (Å²) >= 11 is 0. The first-order valence-electron chi connectivity index (χ1n) is 6.48. The van der Waals surface area contributed by atoms with Gasteiger partial charge in [0, 0.05) is 5.71 Å². The van der Waals surface area contributed by atoms with Crippen LogP contribution in [0, 0.1) is 6.92 Å². The van der Waals surface area contributed by atoms with Crippen molar-refractivity contribution in [3.05, 3.63) is 29.8 Å². The highest BCUT2D eigenvalue weighted by molar-refractivity contribution is 7.54. The molecule has 0 saturated heterocycles. The van der Waals surface area contributed by atoms with Crippen molar-refractivity contribution in [1.29, 1.82) is 0 Å². The predicted molar refractivity (Wildman–Crippen MR) is 79.7 cm³/mol. The summed E-state index contributed by atoms with van der Waals surface area (Å²) in [4.78, 5) is 4.43. The SMILES string of the molecule is CCOP(=O)(CC(C)=Nc1ccc(C)cc1)OCC. The van der Waals surface area contributed by atoms with Crippen LogP contribution >= 0.6 is 7.60 Å². The molecule has 0 heterocycles. The Bertz CT molecular complexity index is 458. The van der Waals surface area contributed by atoms with Crippen LogP contribution in [0.5, 0.6) is 0 Å². The fourth-order valence-corrected chi connectivity index (χ4v) is 3.35. The van der Waals surface area contributed by atoms with Crippen molar-refractivity contribution in [2.75, 3.05) is 19.4 Å². The zero-order chi connectivity index (χ0) is 14.3. The van der Waals surface area contributed by atoms with Gasteiger partial charge >= 0.3 is 7.60 Å². The van der Waals surface area contributed by atoms with Gasteiger partial charge in [-0.3, -0.25) is 9.56 Å². The Morgan fingerprint density at radius 2 is 1.68 bits per heavy atom. The molecule has 0 aliphatic carbocycles. The maximum absolute atomic E-state index is 12.3. The highest BCUT2D eigenvalue weighted by Gasteiger charge is 2.24. The first-order chi connectivity index (χ1) is 8.99. The highest BCUT2D eigenvalue weighted by atomic mass is 31.2. The van der Waals surface area contributed by atoms with Crippen LogP contribution in [-0.4, -0.2) is 25.1 Å². The lowest BCUT2D eigenvalue weighted by Crippen LogP contribution is -2.06. The van der Waals surface area contributed by atoms with Crippen LogP contribution in [-0.2, 0) is 13.6 Å². The van der Waals surface area contributed by atoms with Gasteiger partial charge in [0.1, 0.15) is 0 Å². The maximum atomic E-state index is 12.3. The van der Waals surface area contributed by atoms with Crippen LogP contribution in [0.1, 0.15) is 26.3 Å². The lowest BCUT2D eigenvalue weighted by molar-refractivity contribution is 0.223. The van der Waals surface area contributed by atoms with E-state index in [4.69, 9.17) is 9.05 Å². The minimum Gasteiger partial charge on any atom is -0.309 e. The number of aliphatic imine (C=N–C) groups is 1. The van der Waals surface area contributed by atoms with E-state index in [1.807, 2.05) is 38.1 Å². The molecule has 1 aromatic carbocycles. The molecule has 19 heavy (non-hydrogen) atoms. The molecule has 0 fully saturated rings. The van der Waals surface area contributed by atoms with Crippen LogP contribution in [0.25, 0.3) is 0 Å². The third kappa shape index (κ3) is 5.68. The first-order valence-corrected chi connectivity index (χ1v) is 8.21. The zero-order valence-corrected chi connectivity index (χ0v) is 12.9. The van der Waals surface area contributed by atoms with Crippen molar-refractivity contribution in [3.63, 3.8) is 0 Å².